The van der Waals surface area contributed by atoms with Crippen molar-refractivity contribution in [2.75, 3.05) is 52.9 Å². The molecule has 11 heteroatoms. The zero-order valence-corrected chi connectivity index (χ0v) is 24.9. The fraction of sp³-hybridized carbons (Fsp3) is 0.600. The quantitative estimate of drug-likeness (QED) is 0.0716. The van der Waals surface area contributed by atoms with E-state index in [-0.39, 0.29) is 51.5 Å². The number of esters is 4. The van der Waals surface area contributed by atoms with Crippen LogP contribution in [0.4, 0.5) is 0 Å². The van der Waals surface area contributed by atoms with Crippen molar-refractivity contribution in [2.45, 2.75) is 51.7 Å². The van der Waals surface area contributed by atoms with E-state index in [4.69, 9.17) is 33.2 Å². The largest absolute Gasteiger partial charge is 0.462 e. The highest BCUT2D eigenvalue weighted by Gasteiger charge is 2.25. The summed E-state index contributed by atoms with van der Waals surface area (Å²) in [5.74, 6) is -3.03. The molecule has 0 saturated heterocycles. The zero-order valence-electron chi connectivity index (χ0n) is 24.9. The first kappa shape index (κ1) is 37.7. The maximum atomic E-state index is 11.4. The van der Waals surface area contributed by atoms with Gasteiger partial charge in [-0.05, 0) is 40.5 Å². The molecule has 0 aliphatic heterocycles. The molecule has 0 aliphatic carbocycles. The highest BCUT2D eigenvalue weighted by atomic mass is 16.6. The lowest BCUT2D eigenvalue weighted by atomic mass is 10.0. The van der Waals surface area contributed by atoms with Crippen LogP contribution in [0.3, 0.4) is 0 Å². The van der Waals surface area contributed by atoms with Crippen LogP contribution < -0.4 is 0 Å². The van der Waals surface area contributed by atoms with Gasteiger partial charge in [0.05, 0.1) is 69.3 Å². The second-order valence-electron chi connectivity index (χ2n) is 10.3. The number of rotatable bonds is 24. The summed E-state index contributed by atoms with van der Waals surface area (Å²) in [5, 5.41) is 0. The topological polar surface area (TPSA) is 133 Å². The number of carbonyl (C=O) groups excluding carboxylic acids is 4. The lowest BCUT2D eigenvalue weighted by Gasteiger charge is -2.31. The minimum atomic E-state index is -0.577. The van der Waals surface area contributed by atoms with Gasteiger partial charge in [0.1, 0.15) is 0 Å². The SMILES string of the molecule is C=CC(=O)OCC(COCCC(C)(C)OCCC(C)(C)OCC(COC(=O)C=C)COC(=O)C=C)COC(=O)C=C. The van der Waals surface area contributed by atoms with Gasteiger partial charge in [-0.1, -0.05) is 26.3 Å². The van der Waals surface area contributed by atoms with E-state index < -0.39 is 35.1 Å². The third-order valence-corrected chi connectivity index (χ3v) is 5.62. The van der Waals surface area contributed by atoms with E-state index in [9.17, 15) is 19.2 Å². The van der Waals surface area contributed by atoms with Gasteiger partial charge in [0.15, 0.2) is 0 Å². The molecule has 11 nitrogen and oxygen atoms in total. The van der Waals surface area contributed by atoms with Crippen molar-refractivity contribution in [2.24, 2.45) is 11.8 Å². The molecule has 0 spiro atoms. The average Bonchev–Trinajstić information content (AvgIpc) is 2.94. The van der Waals surface area contributed by atoms with Gasteiger partial charge in [-0.2, -0.15) is 0 Å². The van der Waals surface area contributed by atoms with Crippen LogP contribution in [0.1, 0.15) is 40.5 Å². The third kappa shape index (κ3) is 20.3. The van der Waals surface area contributed by atoms with Gasteiger partial charge in [-0.3, -0.25) is 0 Å². The standard InChI is InChI=1S/C30H46O11/c1-9-25(31)36-18-23(19-37-26(32)10-2)17-35-15-13-29(5,6)40-16-14-30(7,8)41-22-24(20-38-27(33)11-3)21-39-28(34)12-4/h9-12,23-24H,1-4,13-22H2,5-8H3. The normalized spacial score (nSPS) is 11.5. The summed E-state index contributed by atoms with van der Waals surface area (Å²) in [6, 6.07) is 0. The summed E-state index contributed by atoms with van der Waals surface area (Å²) >= 11 is 0. The van der Waals surface area contributed by atoms with E-state index in [2.05, 4.69) is 26.3 Å². The highest BCUT2D eigenvalue weighted by molar-refractivity contribution is 5.82. The van der Waals surface area contributed by atoms with Crippen LogP contribution in [0.25, 0.3) is 0 Å². The Morgan fingerprint density at radius 2 is 0.878 bits per heavy atom. The van der Waals surface area contributed by atoms with Crippen LogP contribution in [0.2, 0.25) is 0 Å². The Kier molecular flexibility index (Phi) is 18.9. The highest BCUT2D eigenvalue weighted by Crippen LogP contribution is 2.21. The van der Waals surface area contributed by atoms with E-state index in [1.165, 1.54) is 0 Å². The van der Waals surface area contributed by atoms with Crippen molar-refractivity contribution in [3.8, 4) is 0 Å². The van der Waals surface area contributed by atoms with Gasteiger partial charge in [-0.25, -0.2) is 19.2 Å². The molecule has 0 saturated carbocycles. The second-order valence-corrected chi connectivity index (χ2v) is 10.3. The van der Waals surface area contributed by atoms with Crippen LogP contribution in [-0.4, -0.2) is 87.9 Å². The lowest BCUT2D eigenvalue weighted by molar-refractivity contribution is -0.147. The van der Waals surface area contributed by atoms with Crippen LogP contribution in [0, 0.1) is 11.8 Å². The first-order valence-corrected chi connectivity index (χ1v) is 13.3. The van der Waals surface area contributed by atoms with Crippen molar-refractivity contribution >= 4 is 23.9 Å². The summed E-state index contributed by atoms with van der Waals surface area (Å²) in [5.41, 5.74) is -1.08. The Morgan fingerprint density at radius 3 is 1.27 bits per heavy atom. The van der Waals surface area contributed by atoms with Gasteiger partial charge < -0.3 is 33.2 Å². The molecule has 0 aromatic heterocycles. The van der Waals surface area contributed by atoms with Crippen LogP contribution in [0.5, 0.6) is 0 Å². The summed E-state index contributed by atoms with van der Waals surface area (Å²) in [6.07, 6.45) is 5.36. The molecule has 0 unspecified atom stereocenters. The average molecular weight is 583 g/mol. The van der Waals surface area contributed by atoms with Crippen LogP contribution >= 0.6 is 0 Å². The molecule has 0 amide bonds. The van der Waals surface area contributed by atoms with E-state index in [1.807, 2.05) is 27.7 Å². The predicted octanol–water partition coefficient (Wildman–Crippen LogP) is 3.52. The fourth-order valence-corrected chi connectivity index (χ4v) is 2.95. The van der Waals surface area contributed by atoms with Gasteiger partial charge in [0.25, 0.3) is 0 Å². The van der Waals surface area contributed by atoms with Crippen molar-refractivity contribution < 1.29 is 52.3 Å². The molecule has 41 heavy (non-hydrogen) atoms. The van der Waals surface area contributed by atoms with Crippen molar-refractivity contribution in [1.82, 2.24) is 0 Å². The number of carbonyl (C=O) groups is 4. The molecular weight excluding hydrogens is 536 g/mol. The number of ether oxygens (including phenoxy) is 7. The smallest absolute Gasteiger partial charge is 0.330 e. The first-order valence-electron chi connectivity index (χ1n) is 13.3. The molecule has 0 bridgehead atoms. The van der Waals surface area contributed by atoms with Gasteiger partial charge >= 0.3 is 23.9 Å². The van der Waals surface area contributed by atoms with E-state index in [0.717, 1.165) is 24.3 Å². The molecule has 0 aromatic carbocycles. The maximum absolute atomic E-state index is 11.4. The summed E-state index contributed by atoms with van der Waals surface area (Å²) in [7, 11) is 0. The molecule has 232 valence electrons. The Morgan fingerprint density at radius 1 is 0.537 bits per heavy atom. The molecule has 0 heterocycles. The van der Waals surface area contributed by atoms with Gasteiger partial charge in [0.2, 0.25) is 0 Å². The molecule has 0 fully saturated rings. The molecule has 0 radical (unpaired) electrons. The van der Waals surface area contributed by atoms with E-state index in [0.29, 0.717) is 26.1 Å². The fourth-order valence-electron chi connectivity index (χ4n) is 2.95. The van der Waals surface area contributed by atoms with Crippen molar-refractivity contribution in [3.05, 3.63) is 50.6 Å². The van der Waals surface area contributed by atoms with Crippen molar-refractivity contribution in [1.29, 1.82) is 0 Å². The summed E-state index contributed by atoms with van der Waals surface area (Å²) in [6.45, 7) is 22.3. The predicted molar refractivity (Wildman–Crippen MR) is 152 cm³/mol. The first-order chi connectivity index (χ1) is 19.3. The monoisotopic (exact) mass is 582 g/mol. The Bertz CT molecular complexity index is 828. The molecule has 0 atom stereocenters. The van der Waals surface area contributed by atoms with E-state index in [1.54, 1.807) is 0 Å². The third-order valence-electron chi connectivity index (χ3n) is 5.62. The molecule has 0 aliphatic rings. The Hall–Kier alpha value is -3.28. The Labute approximate surface area is 243 Å². The molecule has 0 aromatic rings. The molecular formula is C30H46O11. The number of hydrogen-bond donors (Lipinski definition) is 0. The van der Waals surface area contributed by atoms with Crippen molar-refractivity contribution in [3.63, 3.8) is 0 Å². The maximum Gasteiger partial charge on any atom is 0.330 e. The number of hydrogen-bond acceptors (Lipinski definition) is 11. The Balaban J connectivity index is 4.63. The lowest BCUT2D eigenvalue weighted by Crippen LogP contribution is -2.34. The summed E-state index contributed by atoms with van der Waals surface area (Å²) < 4.78 is 38.1. The molecule has 0 N–H and O–H groups in total. The summed E-state index contributed by atoms with van der Waals surface area (Å²) in [4.78, 5) is 45.6. The zero-order chi connectivity index (χ0) is 31.3. The molecule has 0 rings (SSSR count). The van der Waals surface area contributed by atoms with Crippen LogP contribution in [0.15, 0.2) is 50.6 Å². The van der Waals surface area contributed by atoms with Gasteiger partial charge in [-0.15, -0.1) is 0 Å². The second kappa shape index (κ2) is 20.6. The van der Waals surface area contributed by atoms with Crippen LogP contribution in [-0.2, 0) is 52.3 Å². The van der Waals surface area contributed by atoms with E-state index >= 15 is 0 Å². The minimum Gasteiger partial charge on any atom is -0.462 e. The van der Waals surface area contributed by atoms with Gasteiger partial charge in [0, 0.05) is 30.9 Å². The minimum absolute atomic E-state index is 0.00310.